The number of amides is 1. The fourth-order valence-electron chi connectivity index (χ4n) is 2.23. The smallest absolute Gasteiger partial charge is 0.265 e. The van der Waals surface area contributed by atoms with Gasteiger partial charge in [0, 0.05) is 16.6 Å². The van der Waals surface area contributed by atoms with Crippen LogP contribution in [0.4, 0.5) is 5.69 Å². The summed E-state index contributed by atoms with van der Waals surface area (Å²) in [6, 6.07) is 5.77. The molecule has 0 saturated carbocycles. The second kappa shape index (κ2) is 6.36. The molecule has 1 aromatic carbocycles. The van der Waals surface area contributed by atoms with Crippen molar-refractivity contribution in [2.75, 3.05) is 24.6 Å². The highest BCUT2D eigenvalue weighted by Crippen LogP contribution is 2.34. The maximum Gasteiger partial charge on any atom is 0.265 e. The first-order chi connectivity index (χ1) is 9.76. The van der Waals surface area contributed by atoms with Gasteiger partial charge in [0.25, 0.3) is 5.91 Å². The van der Waals surface area contributed by atoms with Crippen LogP contribution in [0.25, 0.3) is 0 Å². The molecule has 1 atom stereocenters. The molecule has 0 spiro atoms. The Balaban J connectivity index is 2.09. The van der Waals surface area contributed by atoms with Crippen LogP contribution in [0.15, 0.2) is 22.7 Å². The van der Waals surface area contributed by atoms with E-state index in [2.05, 4.69) is 48.9 Å². The van der Waals surface area contributed by atoms with Gasteiger partial charge in [-0.05, 0) is 51.4 Å². The van der Waals surface area contributed by atoms with Gasteiger partial charge in [-0.3, -0.25) is 4.79 Å². The van der Waals surface area contributed by atoms with Gasteiger partial charge in [-0.2, -0.15) is 0 Å². The normalized spacial score (nSPS) is 16.4. The molecule has 2 rings (SSSR count). The molecule has 0 aromatic heterocycles. The van der Waals surface area contributed by atoms with Gasteiger partial charge in [0.1, 0.15) is 5.75 Å². The third-order valence-electron chi connectivity index (χ3n) is 3.34. The van der Waals surface area contributed by atoms with Crippen molar-refractivity contribution in [1.29, 1.82) is 0 Å². The average molecular weight is 355 g/mol. The molecule has 0 aliphatic carbocycles. The number of anilines is 1. The largest absolute Gasteiger partial charge is 0.482 e. The SMILES string of the molecule is CC(CNC(C)(C)C)CN1C(=O)COc2ccc(Br)cc21. The predicted molar refractivity (Wildman–Crippen MR) is 88.9 cm³/mol. The van der Waals surface area contributed by atoms with Crippen molar-refractivity contribution in [3.63, 3.8) is 0 Å². The molecule has 0 bridgehead atoms. The lowest BCUT2D eigenvalue weighted by molar-refractivity contribution is -0.121. The first-order valence-corrected chi connectivity index (χ1v) is 8.03. The zero-order valence-corrected chi connectivity index (χ0v) is 14.7. The lowest BCUT2D eigenvalue weighted by Gasteiger charge is -2.32. The second-order valence-corrected chi connectivity index (χ2v) is 7.56. The third kappa shape index (κ3) is 4.45. The summed E-state index contributed by atoms with van der Waals surface area (Å²) in [5.41, 5.74) is 0.938. The number of fused-ring (bicyclic) bond motifs is 1. The highest BCUT2D eigenvalue weighted by Gasteiger charge is 2.27. The summed E-state index contributed by atoms with van der Waals surface area (Å²) >= 11 is 3.46. The third-order valence-corrected chi connectivity index (χ3v) is 3.83. The van der Waals surface area contributed by atoms with Gasteiger partial charge in [-0.15, -0.1) is 0 Å². The van der Waals surface area contributed by atoms with Crippen molar-refractivity contribution in [3.05, 3.63) is 22.7 Å². The van der Waals surface area contributed by atoms with E-state index in [1.165, 1.54) is 0 Å². The minimum Gasteiger partial charge on any atom is -0.482 e. The first kappa shape index (κ1) is 16.3. The van der Waals surface area contributed by atoms with Crippen LogP contribution in [0.2, 0.25) is 0 Å². The van der Waals surface area contributed by atoms with E-state index in [1.54, 1.807) is 0 Å². The Morgan fingerprint density at radius 1 is 1.43 bits per heavy atom. The number of rotatable bonds is 4. The van der Waals surface area contributed by atoms with Crippen LogP contribution in [0.5, 0.6) is 5.75 Å². The lowest BCUT2D eigenvalue weighted by Crippen LogP contribution is -2.45. The van der Waals surface area contributed by atoms with Gasteiger partial charge in [-0.25, -0.2) is 0 Å². The molecule has 4 nitrogen and oxygen atoms in total. The fraction of sp³-hybridized carbons (Fsp3) is 0.562. The number of halogens is 1. The summed E-state index contributed by atoms with van der Waals surface area (Å²) in [5, 5.41) is 3.48. The van der Waals surface area contributed by atoms with E-state index >= 15 is 0 Å². The van der Waals surface area contributed by atoms with Crippen LogP contribution >= 0.6 is 15.9 Å². The number of hydrogen-bond acceptors (Lipinski definition) is 3. The van der Waals surface area contributed by atoms with Crippen molar-refractivity contribution < 1.29 is 9.53 Å². The molecular formula is C16H23BrN2O2. The molecule has 0 fully saturated rings. The summed E-state index contributed by atoms with van der Waals surface area (Å²) in [7, 11) is 0. The Morgan fingerprint density at radius 2 is 2.14 bits per heavy atom. The number of nitrogens with zero attached hydrogens (tertiary/aromatic N) is 1. The summed E-state index contributed by atoms with van der Waals surface area (Å²) in [4.78, 5) is 14.0. The summed E-state index contributed by atoms with van der Waals surface area (Å²) < 4.78 is 6.44. The second-order valence-electron chi connectivity index (χ2n) is 6.64. The van der Waals surface area contributed by atoms with Gasteiger partial charge in [0.15, 0.2) is 6.61 Å². The summed E-state index contributed by atoms with van der Waals surface area (Å²) in [5.74, 6) is 1.15. The molecule has 1 aliphatic rings. The van der Waals surface area contributed by atoms with E-state index in [4.69, 9.17) is 4.74 Å². The average Bonchev–Trinajstić information content (AvgIpc) is 2.39. The minimum atomic E-state index is 0.0169. The topological polar surface area (TPSA) is 41.6 Å². The number of benzene rings is 1. The van der Waals surface area contributed by atoms with Crippen LogP contribution in [0.3, 0.4) is 0 Å². The van der Waals surface area contributed by atoms with Crippen LogP contribution < -0.4 is 15.0 Å². The predicted octanol–water partition coefficient (Wildman–Crippen LogP) is 3.20. The Labute approximate surface area is 135 Å². The van der Waals surface area contributed by atoms with Gasteiger partial charge < -0.3 is 15.0 Å². The number of hydrogen-bond donors (Lipinski definition) is 1. The zero-order chi connectivity index (χ0) is 15.6. The van der Waals surface area contributed by atoms with Gasteiger partial charge in [0.05, 0.1) is 5.69 Å². The number of carbonyl (C=O) groups is 1. The monoisotopic (exact) mass is 354 g/mol. The van der Waals surface area contributed by atoms with E-state index in [0.29, 0.717) is 12.5 Å². The van der Waals surface area contributed by atoms with Gasteiger partial charge >= 0.3 is 0 Å². The lowest BCUT2D eigenvalue weighted by atomic mass is 10.1. The molecule has 21 heavy (non-hydrogen) atoms. The van der Waals surface area contributed by atoms with E-state index < -0.39 is 0 Å². The molecule has 1 unspecified atom stereocenters. The van der Waals surface area contributed by atoms with Crippen molar-refractivity contribution in [2.24, 2.45) is 5.92 Å². The molecule has 0 radical (unpaired) electrons. The summed E-state index contributed by atoms with van der Waals surface area (Å²) in [6.07, 6.45) is 0. The van der Waals surface area contributed by atoms with Gasteiger partial charge in [0.2, 0.25) is 0 Å². The maximum absolute atomic E-state index is 12.2. The molecule has 1 amide bonds. The Morgan fingerprint density at radius 3 is 2.81 bits per heavy atom. The highest BCUT2D eigenvalue weighted by molar-refractivity contribution is 9.10. The Bertz CT molecular complexity index is 525. The van der Waals surface area contributed by atoms with Crippen LogP contribution in [-0.2, 0) is 4.79 Å². The van der Waals surface area contributed by atoms with Gasteiger partial charge in [-0.1, -0.05) is 22.9 Å². The molecule has 116 valence electrons. The quantitative estimate of drug-likeness (QED) is 0.902. The molecule has 1 aromatic rings. The van der Waals surface area contributed by atoms with E-state index in [9.17, 15) is 4.79 Å². The van der Waals surface area contributed by atoms with Crippen LogP contribution in [-0.4, -0.2) is 31.1 Å². The van der Waals surface area contributed by atoms with Crippen molar-refractivity contribution in [1.82, 2.24) is 5.32 Å². The van der Waals surface area contributed by atoms with Crippen LogP contribution in [0, 0.1) is 5.92 Å². The van der Waals surface area contributed by atoms with E-state index in [-0.39, 0.29) is 18.1 Å². The number of ether oxygens (including phenoxy) is 1. The molecule has 1 N–H and O–H groups in total. The van der Waals surface area contributed by atoms with Crippen molar-refractivity contribution >= 4 is 27.5 Å². The summed E-state index contributed by atoms with van der Waals surface area (Å²) in [6.45, 7) is 10.3. The van der Waals surface area contributed by atoms with E-state index in [0.717, 1.165) is 22.5 Å². The molecule has 1 heterocycles. The van der Waals surface area contributed by atoms with E-state index in [1.807, 2.05) is 23.1 Å². The standard InChI is InChI=1S/C16H23BrN2O2/c1-11(8-18-16(2,3)4)9-19-13-7-12(17)5-6-14(13)21-10-15(19)20/h5-7,11,18H,8-10H2,1-4H3. The van der Waals surface area contributed by atoms with Crippen molar-refractivity contribution in [3.8, 4) is 5.75 Å². The van der Waals surface area contributed by atoms with Crippen LogP contribution in [0.1, 0.15) is 27.7 Å². The Kier molecular flexibility index (Phi) is 4.94. The molecule has 1 aliphatic heterocycles. The number of nitrogens with one attached hydrogen (secondary N) is 1. The first-order valence-electron chi connectivity index (χ1n) is 7.24. The number of carbonyl (C=O) groups excluding carboxylic acids is 1. The van der Waals surface area contributed by atoms with Crippen molar-refractivity contribution in [2.45, 2.75) is 33.2 Å². The Hall–Kier alpha value is -1.07. The molecule has 5 heteroatoms. The maximum atomic E-state index is 12.2. The highest BCUT2D eigenvalue weighted by atomic mass is 79.9. The molecule has 0 saturated heterocycles. The fourth-order valence-corrected chi connectivity index (χ4v) is 2.58. The molecular weight excluding hydrogens is 332 g/mol. The minimum absolute atomic E-state index is 0.0169. The zero-order valence-electron chi connectivity index (χ0n) is 13.1.